The van der Waals surface area contributed by atoms with E-state index in [2.05, 4.69) is 10.3 Å². The summed E-state index contributed by atoms with van der Waals surface area (Å²) < 4.78 is 5.43. The third-order valence-corrected chi connectivity index (χ3v) is 3.17. The van der Waals surface area contributed by atoms with Crippen molar-refractivity contribution in [1.82, 2.24) is 4.98 Å². The molecule has 0 radical (unpaired) electrons. The highest BCUT2D eigenvalue weighted by Crippen LogP contribution is 2.32. The third kappa shape index (κ3) is 2.91. The number of rotatable bonds is 4. The van der Waals surface area contributed by atoms with Crippen molar-refractivity contribution in [1.29, 1.82) is 0 Å². The van der Waals surface area contributed by atoms with Crippen LogP contribution >= 0.6 is 11.6 Å². The van der Waals surface area contributed by atoms with E-state index in [4.69, 9.17) is 16.0 Å². The molecule has 0 aliphatic carbocycles. The standard InChI is InChI=1S/C13H14ClN3O3/c1-7-4-12(17(18)19)10(14)5-11(7)16-9(3)13-15-6-8(2)20-13/h4-6,9,16H,1-3H3. The SMILES string of the molecule is Cc1cnc(C(C)Nc2cc(Cl)c([N+](=O)[O-])cc2C)o1. The molecule has 2 rings (SSSR count). The first-order valence-electron chi connectivity index (χ1n) is 6.02. The number of nitrogens with zero attached hydrogens (tertiary/aromatic N) is 2. The number of hydrogen-bond acceptors (Lipinski definition) is 5. The van der Waals surface area contributed by atoms with Crippen LogP contribution in [0.15, 0.2) is 22.7 Å². The summed E-state index contributed by atoms with van der Waals surface area (Å²) in [6.07, 6.45) is 1.64. The van der Waals surface area contributed by atoms with Gasteiger partial charge in [0.15, 0.2) is 0 Å². The first kappa shape index (κ1) is 14.3. The number of benzene rings is 1. The lowest BCUT2D eigenvalue weighted by molar-refractivity contribution is -0.384. The molecule has 1 N–H and O–H groups in total. The van der Waals surface area contributed by atoms with Gasteiger partial charge in [-0.15, -0.1) is 0 Å². The molecule has 0 spiro atoms. The van der Waals surface area contributed by atoms with Crippen LogP contribution in [0.25, 0.3) is 0 Å². The van der Waals surface area contributed by atoms with Gasteiger partial charge >= 0.3 is 0 Å². The zero-order valence-electron chi connectivity index (χ0n) is 11.3. The molecule has 0 saturated heterocycles. The van der Waals surface area contributed by atoms with Crippen LogP contribution in [0.5, 0.6) is 0 Å². The van der Waals surface area contributed by atoms with Crippen molar-refractivity contribution in [3.63, 3.8) is 0 Å². The number of aryl methyl sites for hydroxylation is 2. The van der Waals surface area contributed by atoms with Crippen LogP contribution in [0, 0.1) is 24.0 Å². The van der Waals surface area contributed by atoms with Crippen molar-refractivity contribution in [3.8, 4) is 0 Å². The fraction of sp³-hybridized carbons (Fsp3) is 0.308. The number of nitro benzene ring substituents is 1. The van der Waals surface area contributed by atoms with Crippen LogP contribution in [-0.2, 0) is 0 Å². The van der Waals surface area contributed by atoms with Crippen molar-refractivity contribution in [2.24, 2.45) is 0 Å². The number of oxazole rings is 1. The largest absolute Gasteiger partial charge is 0.444 e. The van der Waals surface area contributed by atoms with Crippen LogP contribution in [0.4, 0.5) is 11.4 Å². The Bertz CT molecular complexity index is 654. The molecule has 7 heteroatoms. The maximum atomic E-state index is 10.8. The fourth-order valence-electron chi connectivity index (χ4n) is 1.83. The van der Waals surface area contributed by atoms with Crippen LogP contribution in [-0.4, -0.2) is 9.91 Å². The van der Waals surface area contributed by atoms with Crippen LogP contribution < -0.4 is 5.32 Å². The van der Waals surface area contributed by atoms with Gasteiger partial charge in [0, 0.05) is 11.8 Å². The molecule has 1 unspecified atom stereocenters. The van der Waals surface area contributed by atoms with Gasteiger partial charge in [-0.3, -0.25) is 10.1 Å². The number of halogens is 1. The number of nitrogens with one attached hydrogen (secondary N) is 1. The molecular weight excluding hydrogens is 282 g/mol. The van der Waals surface area contributed by atoms with Crippen LogP contribution in [0.2, 0.25) is 5.02 Å². The molecule has 1 aromatic heterocycles. The zero-order valence-corrected chi connectivity index (χ0v) is 12.1. The number of nitro groups is 1. The van der Waals surface area contributed by atoms with E-state index in [0.717, 1.165) is 11.3 Å². The Morgan fingerprint density at radius 3 is 2.70 bits per heavy atom. The Hall–Kier alpha value is -2.08. The third-order valence-electron chi connectivity index (χ3n) is 2.87. The van der Waals surface area contributed by atoms with Gasteiger partial charge in [-0.05, 0) is 32.4 Å². The van der Waals surface area contributed by atoms with Crippen molar-refractivity contribution >= 4 is 23.0 Å². The molecule has 1 atom stereocenters. The van der Waals surface area contributed by atoms with Gasteiger partial charge in [0.1, 0.15) is 16.8 Å². The summed E-state index contributed by atoms with van der Waals surface area (Å²) in [5.41, 5.74) is 1.34. The molecule has 0 amide bonds. The van der Waals surface area contributed by atoms with E-state index in [0.29, 0.717) is 11.6 Å². The van der Waals surface area contributed by atoms with E-state index in [1.807, 2.05) is 13.8 Å². The average molecular weight is 296 g/mol. The van der Waals surface area contributed by atoms with E-state index in [-0.39, 0.29) is 16.8 Å². The van der Waals surface area contributed by atoms with Crippen LogP contribution in [0.1, 0.15) is 30.2 Å². The van der Waals surface area contributed by atoms with E-state index < -0.39 is 4.92 Å². The summed E-state index contributed by atoms with van der Waals surface area (Å²) in [4.78, 5) is 14.4. The molecule has 106 valence electrons. The van der Waals surface area contributed by atoms with Crippen molar-refractivity contribution in [2.75, 3.05) is 5.32 Å². The van der Waals surface area contributed by atoms with E-state index in [9.17, 15) is 10.1 Å². The molecule has 0 aliphatic heterocycles. The Kier molecular flexibility index (Phi) is 3.94. The summed E-state index contributed by atoms with van der Waals surface area (Å²) in [7, 11) is 0. The van der Waals surface area contributed by atoms with E-state index in [1.54, 1.807) is 19.2 Å². The highest BCUT2D eigenvalue weighted by molar-refractivity contribution is 6.33. The second kappa shape index (κ2) is 5.50. The van der Waals surface area contributed by atoms with Crippen molar-refractivity contribution in [2.45, 2.75) is 26.8 Å². The number of aromatic nitrogens is 1. The quantitative estimate of drug-likeness (QED) is 0.680. The van der Waals surface area contributed by atoms with Crippen molar-refractivity contribution < 1.29 is 9.34 Å². The Morgan fingerprint density at radius 2 is 2.15 bits per heavy atom. The highest BCUT2D eigenvalue weighted by Gasteiger charge is 2.17. The Labute approximate surface area is 120 Å². The predicted octanol–water partition coefficient (Wildman–Crippen LogP) is 4.03. The minimum atomic E-state index is -0.500. The van der Waals surface area contributed by atoms with Gasteiger partial charge in [0.05, 0.1) is 11.1 Å². The van der Waals surface area contributed by atoms with Crippen molar-refractivity contribution in [3.05, 3.63) is 50.7 Å². The summed E-state index contributed by atoms with van der Waals surface area (Å²) in [5.74, 6) is 1.28. The molecule has 0 bridgehead atoms. The molecule has 0 fully saturated rings. The normalized spacial score (nSPS) is 12.2. The van der Waals surface area contributed by atoms with Gasteiger partial charge in [0.2, 0.25) is 5.89 Å². The lowest BCUT2D eigenvalue weighted by Gasteiger charge is -2.14. The molecule has 2 aromatic rings. The fourth-order valence-corrected chi connectivity index (χ4v) is 2.06. The van der Waals surface area contributed by atoms with E-state index >= 15 is 0 Å². The summed E-state index contributed by atoms with van der Waals surface area (Å²) in [6.45, 7) is 5.48. The molecule has 20 heavy (non-hydrogen) atoms. The van der Waals surface area contributed by atoms with Gasteiger partial charge in [-0.25, -0.2) is 4.98 Å². The smallest absolute Gasteiger partial charge is 0.288 e. The zero-order chi connectivity index (χ0) is 14.9. The topological polar surface area (TPSA) is 81.2 Å². The first-order chi connectivity index (χ1) is 9.38. The lowest BCUT2D eigenvalue weighted by atomic mass is 10.1. The molecule has 0 saturated carbocycles. The molecule has 6 nitrogen and oxygen atoms in total. The lowest BCUT2D eigenvalue weighted by Crippen LogP contribution is -2.08. The summed E-state index contributed by atoms with van der Waals surface area (Å²) in [5, 5.41) is 14.1. The minimum absolute atomic E-state index is 0.0962. The second-order valence-electron chi connectivity index (χ2n) is 4.55. The van der Waals surface area contributed by atoms with E-state index in [1.165, 1.54) is 6.07 Å². The average Bonchev–Trinajstić information content (AvgIpc) is 2.79. The Balaban J connectivity index is 2.25. The number of hydrogen-bond donors (Lipinski definition) is 1. The first-order valence-corrected chi connectivity index (χ1v) is 6.39. The minimum Gasteiger partial charge on any atom is -0.444 e. The summed E-state index contributed by atoms with van der Waals surface area (Å²) >= 11 is 5.91. The summed E-state index contributed by atoms with van der Waals surface area (Å²) in [6, 6.07) is 2.82. The van der Waals surface area contributed by atoms with Crippen LogP contribution in [0.3, 0.4) is 0 Å². The predicted molar refractivity (Wildman–Crippen MR) is 76.1 cm³/mol. The molecule has 1 heterocycles. The maximum Gasteiger partial charge on any atom is 0.288 e. The molecule has 1 aromatic carbocycles. The number of anilines is 1. The monoisotopic (exact) mass is 295 g/mol. The molecular formula is C13H14ClN3O3. The van der Waals surface area contributed by atoms with Gasteiger partial charge in [-0.1, -0.05) is 11.6 Å². The van der Waals surface area contributed by atoms with Gasteiger partial charge < -0.3 is 9.73 Å². The van der Waals surface area contributed by atoms with Gasteiger partial charge in [0.25, 0.3) is 5.69 Å². The molecule has 0 aliphatic rings. The van der Waals surface area contributed by atoms with Gasteiger partial charge in [-0.2, -0.15) is 0 Å². The highest BCUT2D eigenvalue weighted by atomic mass is 35.5. The Morgan fingerprint density at radius 1 is 1.45 bits per heavy atom. The second-order valence-corrected chi connectivity index (χ2v) is 4.96. The maximum absolute atomic E-state index is 10.8.